The topological polar surface area (TPSA) is 46.2 Å². The molecule has 0 fully saturated rings. The van der Waals surface area contributed by atoms with Gasteiger partial charge in [0, 0.05) is 0 Å². The molecule has 5 nitrogen and oxygen atoms in total. The third-order valence-corrected chi connectivity index (χ3v) is 13.1. The average Bonchev–Trinajstić information content (AvgIpc) is 2.83. The Hall–Kier alpha value is 0.0269. The van der Waals surface area contributed by atoms with E-state index in [1.165, 1.54) is 0 Å². The molecule has 1 rings (SSSR count). The van der Waals surface area contributed by atoms with Crippen molar-refractivity contribution in [1.29, 1.82) is 0 Å². The van der Waals surface area contributed by atoms with E-state index in [1.54, 1.807) is 0 Å². The van der Waals surface area contributed by atoms with Gasteiger partial charge < -0.3 is 0 Å². The zero-order valence-electron chi connectivity index (χ0n) is 17.5. The maximum atomic E-state index is 6.25. The normalized spacial score (nSPS) is 21.3. The number of rotatable bonds is 11. The molecular formula is C18H39O5PSi. The van der Waals surface area contributed by atoms with Crippen molar-refractivity contribution in [2.75, 3.05) is 32.6 Å². The van der Waals surface area contributed by atoms with Crippen molar-refractivity contribution in [3.8, 4) is 0 Å². The molecule has 0 bridgehead atoms. The molecule has 0 N–H and O–H groups in total. The maximum absolute atomic E-state index is 6.25. The van der Waals surface area contributed by atoms with Gasteiger partial charge in [-0.25, -0.2) is 0 Å². The fourth-order valence-corrected chi connectivity index (χ4v) is 7.06. The quantitative estimate of drug-likeness (QED) is 0.243. The molecule has 7 heteroatoms. The second kappa shape index (κ2) is 8.81. The van der Waals surface area contributed by atoms with Crippen molar-refractivity contribution in [3.05, 3.63) is 11.8 Å². The third-order valence-electron chi connectivity index (χ3n) is 4.88. The second-order valence-electron chi connectivity index (χ2n) is 7.87. The first-order valence-corrected chi connectivity index (χ1v) is 14.5. The molecular weight excluding hydrogens is 355 g/mol. The zero-order valence-corrected chi connectivity index (χ0v) is 19.4. The molecule has 0 amide bonds. The minimum atomic E-state index is -3.48. The van der Waals surface area contributed by atoms with Gasteiger partial charge in [0.1, 0.15) is 0 Å². The molecule has 25 heavy (non-hydrogen) atoms. The SMILES string of the molecule is CCOP1(OCC)(OCC)CC=C(CCCO[Si](C)(C)C(C)(C)C)O1. The van der Waals surface area contributed by atoms with Crippen molar-refractivity contribution in [1.82, 2.24) is 0 Å². The first-order valence-electron chi connectivity index (χ1n) is 9.53. The monoisotopic (exact) mass is 394 g/mol. The first kappa shape index (κ1) is 23.1. The standard InChI is InChI=1S/C18H39O5PSi/c1-9-19-24(20-10-2,21-11-3)16-14-17(23-24)13-12-15-22-25(7,8)18(4,5)6/h14H,9-13,15-16H2,1-8H3. The van der Waals surface area contributed by atoms with Gasteiger partial charge >= 0.3 is 155 Å². The van der Waals surface area contributed by atoms with E-state index in [-0.39, 0.29) is 5.04 Å². The summed E-state index contributed by atoms with van der Waals surface area (Å²) in [5.41, 5.74) is 0. The van der Waals surface area contributed by atoms with Crippen LogP contribution in [0, 0.1) is 0 Å². The summed E-state index contributed by atoms with van der Waals surface area (Å²) in [6.07, 6.45) is 4.39. The van der Waals surface area contributed by atoms with Gasteiger partial charge in [-0.1, -0.05) is 0 Å². The Labute approximate surface area is 155 Å². The van der Waals surface area contributed by atoms with Crippen LogP contribution in [0.15, 0.2) is 11.8 Å². The van der Waals surface area contributed by atoms with Gasteiger partial charge in [0.2, 0.25) is 0 Å². The van der Waals surface area contributed by atoms with Crippen molar-refractivity contribution in [2.24, 2.45) is 0 Å². The van der Waals surface area contributed by atoms with Gasteiger partial charge in [-0.2, -0.15) is 0 Å². The Balaban J connectivity index is 2.60. The van der Waals surface area contributed by atoms with E-state index in [4.69, 9.17) is 22.5 Å². The molecule has 0 aromatic carbocycles. The summed E-state index contributed by atoms with van der Waals surface area (Å²) in [4.78, 5) is 0. The Morgan fingerprint density at radius 3 is 2.00 bits per heavy atom. The predicted molar refractivity (Wildman–Crippen MR) is 108 cm³/mol. The van der Waals surface area contributed by atoms with Gasteiger partial charge in [0.25, 0.3) is 0 Å². The van der Waals surface area contributed by atoms with Crippen LogP contribution in [-0.2, 0) is 22.5 Å². The minimum absolute atomic E-state index is 0.237. The van der Waals surface area contributed by atoms with E-state index in [1.807, 2.05) is 20.8 Å². The Morgan fingerprint density at radius 2 is 1.56 bits per heavy atom. The fraction of sp³-hybridized carbons (Fsp3) is 0.889. The van der Waals surface area contributed by atoms with E-state index in [0.717, 1.165) is 25.2 Å². The molecule has 150 valence electrons. The Morgan fingerprint density at radius 1 is 1.04 bits per heavy atom. The molecule has 0 saturated heterocycles. The van der Waals surface area contributed by atoms with Crippen LogP contribution in [-0.4, -0.2) is 40.9 Å². The Kier molecular flexibility index (Phi) is 8.13. The second-order valence-corrected chi connectivity index (χ2v) is 15.9. The van der Waals surface area contributed by atoms with Crippen LogP contribution in [0.3, 0.4) is 0 Å². The molecule has 0 unspecified atom stereocenters. The summed E-state index contributed by atoms with van der Waals surface area (Å²) >= 11 is 0. The van der Waals surface area contributed by atoms with Crippen molar-refractivity contribution in [2.45, 2.75) is 72.5 Å². The molecule has 0 radical (unpaired) electrons. The van der Waals surface area contributed by atoms with Crippen molar-refractivity contribution >= 4 is 15.8 Å². The predicted octanol–water partition coefficient (Wildman–Crippen LogP) is 6.03. The van der Waals surface area contributed by atoms with E-state index in [9.17, 15) is 0 Å². The summed E-state index contributed by atoms with van der Waals surface area (Å²) in [5.74, 6) is 0.909. The van der Waals surface area contributed by atoms with Crippen LogP contribution >= 0.6 is 7.51 Å². The summed E-state index contributed by atoms with van der Waals surface area (Å²) in [6.45, 7) is 19.5. The third kappa shape index (κ3) is 5.75. The van der Waals surface area contributed by atoms with Crippen LogP contribution < -0.4 is 0 Å². The molecule has 0 spiro atoms. The first-order chi connectivity index (χ1) is 11.5. The molecule has 0 saturated carbocycles. The summed E-state index contributed by atoms with van der Waals surface area (Å²) in [5, 5.41) is 0.237. The molecule has 0 aliphatic carbocycles. The number of hydrogen-bond donors (Lipinski definition) is 0. The molecule has 0 aromatic heterocycles. The summed E-state index contributed by atoms with van der Waals surface area (Å²) < 4.78 is 30.4. The molecule has 0 aromatic rings. The van der Waals surface area contributed by atoms with Gasteiger partial charge in [0.05, 0.1) is 0 Å². The van der Waals surface area contributed by atoms with Crippen molar-refractivity contribution < 1.29 is 22.5 Å². The number of hydrogen-bond acceptors (Lipinski definition) is 5. The van der Waals surface area contributed by atoms with Crippen LogP contribution in [0.1, 0.15) is 54.4 Å². The van der Waals surface area contributed by atoms with Crippen LogP contribution in [0.2, 0.25) is 18.1 Å². The van der Waals surface area contributed by atoms with E-state index < -0.39 is 15.8 Å². The summed E-state index contributed by atoms with van der Waals surface area (Å²) in [6, 6.07) is 0. The molecule has 1 aliphatic rings. The van der Waals surface area contributed by atoms with Gasteiger partial charge in [-0.15, -0.1) is 0 Å². The average molecular weight is 395 g/mol. The van der Waals surface area contributed by atoms with Crippen LogP contribution in [0.5, 0.6) is 0 Å². The fourth-order valence-electron chi connectivity index (χ4n) is 2.59. The van der Waals surface area contributed by atoms with Crippen molar-refractivity contribution in [3.63, 3.8) is 0 Å². The van der Waals surface area contributed by atoms with E-state index >= 15 is 0 Å². The van der Waals surface area contributed by atoms with Gasteiger partial charge in [-0.3, -0.25) is 0 Å². The molecule has 0 atom stereocenters. The number of allylic oxidation sites excluding steroid dienone is 2. The Bertz CT molecular complexity index is 439. The summed E-state index contributed by atoms with van der Waals surface area (Å²) in [7, 11) is -5.17. The zero-order chi connectivity index (χ0) is 19.2. The van der Waals surface area contributed by atoms with Crippen LogP contribution in [0.25, 0.3) is 0 Å². The molecule has 1 heterocycles. The van der Waals surface area contributed by atoms with Gasteiger partial charge in [-0.05, 0) is 0 Å². The van der Waals surface area contributed by atoms with E-state index in [2.05, 4.69) is 39.9 Å². The molecule has 1 aliphatic heterocycles. The van der Waals surface area contributed by atoms with Crippen LogP contribution in [0.4, 0.5) is 0 Å². The van der Waals surface area contributed by atoms with E-state index in [0.29, 0.717) is 26.0 Å². The van der Waals surface area contributed by atoms with Gasteiger partial charge in [0.15, 0.2) is 0 Å².